The lowest BCUT2D eigenvalue weighted by Crippen LogP contribution is -2.15. The molecule has 0 spiro atoms. The minimum absolute atomic E-state index is 0.0557. The highest BCUT2D eigenvalue weighted by atomic mass is 32.2. The number of thioether (sulfide) groups is 1. The number of carbonyl (C=O) groups excluding carboxylic acids is 2. The van der Waals surface area contributed by atoms with Gasteiger partial charge in [0.05, 0.1) is 5.75 Å². The van der Waals surface area contributed by atoms with Gasteiger partial charge in [-0.1, -0.05) is 72.4 Å². The third-order valence-electron chi connectivity index (χ3n) is 5.69. The van der Waals surface area contributed by atoms with Crippen molar-refractivity contribution < 1.29 is 14.3 Å². The maximum Gasteiger partial charge on any atom is 0.234 e. The second-order valence-corrected chi connectivity index (χ2v) is 9.28. The fourth-order valence-corrected chi connectivity index (χ4v) is 4.64. The molecule has 8 heteroatoms. The van der Waals surface area contributed by atoms with Gasteiger partial charge in [0.25, 0.3) is 0 Å². The normalized spacial score (nSPS) is 10.8. The van der Waals surface area contributed by atoms with Crippen molar-refractivity contribution in [1.29, 1.82) is 0 Å². The van der Waals surface area contributed by atoms with Crippen LogP contribution in [0.1, 0.15) is 23.1 Å². The molecule has 1 aromatic heterocycles. The molecule has 4 aromatic carbocycles. The molecule has 0 aliphatic heterocycles. The van der Waals surface area contributed by atoms with E-state index in [9.17, 15) is 9.59 Å². The SMILES string of the molecule is CC(=O)c1cccc(NC(=O)CSc2nnc(COc3ccc4ccccc4c3)n2-c2ccccc2)c1. The van der Waals surface area contributed by atoms with Gasteiger partial charge in [0, 0.05) is 16.9 Å². The van der Waals surface area contributed by atoms with Crippen LogP contribution in [0.5, 0.6) is 5.75 Å². The van der Waals surface area contributed by atoms with Crippen LogP contribution in [0.15, 0.2) is 102 Å². The van der Waals surface area contributed by atoms with E-state index in [0.29, 0.717) is 22.2 Å². The summed E-state index contributed by atoms with van der Waals surface area (Å²) in [6.45, 7) is 1.71. The van der Waals surface area contributed by atoms with Gasteiger partial charge < -0.3 is 10.1 Å². The molecule has 0 aliphatic carbocycles. The Morgan fingerprint density at radius 1 is 0.865 bits per heavy atom. The molecule has 1 heterocycles. The van der Waals surface area contributed by atoms with Crippen molar-refractivity contribution >= 4 is 39.9 Å². The summed E-state index contributed by atoms with van der Waals surface area (Å²) in [6, 6.07) is 30.7. The van der Waals surface area contributed by atoms with Crippen LogP contribution in [0.3, 0.4) is 0 Å². The maximum atomic E-state index is 12.6. The highest BCUT2D eigenvalue weighted by molar-refractivity contribution is 7.99. The first-order chi connectivity index (χ1) is 18.1. The molecule has 0 radical (unpaired) electrons. The lowest BCUT2D eigenvalue weighted by Gasteiger charge is -2.12. The zero-order valence-corrected chi connectivity index (χ0v) is 20.9. The van der Waals surface area contributed by atoms with E-state index < -0.39 is 0 Å². The molecule has 7 nitrogen and oxygen atoms in total. The number of nitrogens with zero attached hydrogens (tertiary/aromatic N) is 3. The molecule has 1 N–H and O–H groups in total. The van der Waals surface area contributed by atoms with Crippen LogP contribution in [0.2, 0.25) is 0 Å². The topological polar surface area (TPSA) is 86.1 Å². The van der Waals surface area contributed by atoms with Crippen molar-refractivity contribution in [3.63, 3.8) is 0 Å². The molecule has 5 aromatic rings. The summed E-state index contributed by atoms with van der Waals surface area (Å²) in [6.07, 6.45) is 0. The van der Waals surface area contributed by atoms with Crippen LogP contribution in [0, 0.1) is 0 Å². The molecule has 0 fully saturated rings. The van der Waals surface area contributed by atoms with Gasteiger partial charge in [-0.05, 0) is 54.1 Å². The van der Waals surface area contributed by atoms with Crippen molar-refractivity contribution in [3.8, 4) is 11.4 Å². The van der Waals surface area contributed by atoms with E-state index in [2.05, 4.69) is 21.6 Å². The predicted octanol–water partition coefficient (Wildman–Crippen LogP) is 5.93. The number of anilines is 1. The summed E-state index contributed by atoms with van der Waals surface area (Å²) in [7, 11) is 0. The Hall–Kier alpha value is -4.43. The third-order valence-corrected chi connectivity index (χ3v) is 6.62. The Bertz CT molecular complexity index is 1570. The van der Waals surface area contributed by atoms with Gasteiger partial charge >= 0.3 is 0 Å². The number of amides is 1. The van der Waals surface area contributed by atoms with Crippen LogP contribution in [0.4, 0.5) is 5.69 Å². The second kappa shape index (κ2) is 11.1. The molecule has 184 valence electrons. The minimum Gasteiger partial charge on any atom is -0.486 e. The summed E-state index contributed by atoms with van der Waals surface area (Å²) in [5.41, 5.74) is 2.00. The lowest BCUT2D eigenvalue weighted by molar-refractivity contribution is -0.113. The largest absolute Gasteiger partial charge is 0.486 e. The molecule has 37 heavy (non-hydrogen) atoms. The molecule has 0 unspecified atom stereocenters. The molecule has 0 saturated heterocycles. The predicted molar refractivity (Wildman–Crippen MR) is 145 cm³/mol. The Kier molecular flexibility index (Phi) is 7.28. The molecule has 1 amide bonds. The summed E-state index contributed by atoms with van der Waals surface area (Å²) in [5, 5.41) is 14.4. The molecule has 0 atom stereocenters. The Morgan fingerprint density at radius 2 is 1.65 bits per heavy atom. The van der Waals surface area contributed by atoms with E-state index in [-0.39, 0.29) is 24.1 Å². The minimum atomic E-state index is -0.206. The first-order valence-electron chi connectivity index (χ1n) is 11.7. The fraction of sp³-hybridized carbons (Fsp3) is 0.103. The fourth-order valence-electron chi connectivity index (χ4n) is 3.87. The molecule has 0 bridgehead atoms. The van der Waals surface area contributed by atoms with Crippen LogP contribution < -0.4 is 10.1 Å². The molecule has 5 rings (SSSR count). The van der Waals surface area contributed by atoms with Crippen molar-refractivity contribution in [2.24, 2.45) is 0 Å². The van der Waals surface area contributed by atoms with Gasteiger partial charge in [-0.2, -0.15) is 0 Å². The van der Waals surface area contributed by atoms with Crippen molar-refractivity contribution in [1.82, 2.24) is 14.8 Å². The molecule has 0 saturated carbocycles. The van der Waals surface area contributed by atoms with E-state index in [1.54, 1.807) is 24.3 Å². The van der Waals surface area contributed by atoms with E-state index in [0.717, 1.165) is 22.2 Å². The number of ether oxygens (including phenoxy) is 1. The third kappa shape index (κ3) is 5.87. The van der Waals surface area contributed by atoms with Crippen LogP contribution in [0.25, 0.3) is 16.5 Å². The van der Waals surface area contributed by atoms with E-state index in [1.807, 2.05) is 71.3 Å². The number of Topliss-reactive ketones (excluding diaryl/α,β-unsaturated/α-hetero) is 1. The van der Waals surface area contributed by atoms with Gasteiger partial charge in [0.2, 0.25) is 5.91 Å². The first kappa shape index (κ1) is 24.3. The van der Waals surface area contributed by atoms with Gasteiger partial charge in [0.1, 0.15) is 12.4 Å². The number of benzene rings is 4. The number of para-hydroxylation sites is 1. The van der Waals surface area contributed by atoms with Crippen LogP contribution in [-0.4, -0.2) is 32.2 Å². The number of fused-ring (bicyclic) bond motifs is 1. The van der Waals surface area contributed by atoms with E-state index in [4.69, 9.17) is 4.74 Å². The van der Waals surface area contributed by atoms with Gasteiger partial charge in [-0.3, -0.25) is 14.2 Å². The van der Waals surface area contributed by atoms with Crippen LogP contribution >= 0.6 is 11.8 Å². The number of nitrogens with one attached hydrogen (secondary N) is 1. The maximum absolute atomic E-state index is 12.6. The number of hydrogen-bond acceptors (Lipinski definition) is 6. The average molecular weight is 509 g/mol. The van der Waals surface area contributed by atoms with Crippen molar-refractivity contribution in [2.45, 2.75) is 18.7 Å². The Labute approximate surface area is 218 Å². The number of rotatable bonds is 9. The lowest BCUT2D eigenvalue weighted by atomic mass is 10.1. The van der Waals surface area contributed by atoms with Crippen molar-refractivity contribution in [3.05, 3.63) is 108 Å². The number of hydrogen-bond donors (Lipinski definition) is 1. The Balaban J connectivity index is 1.31. The summed E-state index contributed by atoms with van der Waals surface area (Å²) >= 11 is 1.28. The summed E-state index contributed by atoms with van der Waals surface area (Å²) in [5.74, 6) is 1.22. The Morgan fingerprint density at radius 3 is 2.46 bits per heavy atom. The van der Waals surface area contributed by atoms with Crippen molar-refractivity contribution in [2.75, 3.05) is 11.1 Å². The smallest absolute Gasteiger partial charge is 0.234 e. The highest BCUT2D eigenvalue weighted by Gasteiger charge is 2.17. The summed E-state index contributed by atoms with van der Waals surface area (Å²) in [4.78, 5) is 24.3. The van der Waals surface area contributed by atoms with Gasteiger partial charge in [-0.15, -0.1) is 10.2 Å². The molecular formula is C29H24N4O3S. The quantitative estimate of drug-likeness (QED) is 0.196. The number of carbonyl (C=O) groups is 2. The first-order valence-corrected chi connectivity index (χ1v) is 12.7. The second-order valence-electron chi connectivity index (χ2n) is 8.34. The number of ketones is 1. The molecular weight excluding hydrogens is 484 g/mol. The average Bonchev–Trinajstić information content (AvgIpc) is 3.34. The summed E-state index contributed by atoms with van der Waals surface area (Å²) < 4.78 is 7.97. The van der Waals surface area contributed by atoms with E-state index >= 15 is 0 Å². The zero-order chi connectivity index (χ0) is 25.6. The van der Waals surface area contributed by atoms with E-state index in [1.165, 1.54) is 18.7 Å². The van der Waals surface area contributed by atoms with Crippen LogP contribution in [-0.2, 0) is 11.4 Å². The zero-order valence-electron chi connectivity index (χ0n) is 20.1. The van der Waals surface area contributed by atoms with Gasteiger partial charge in [0.15, 0.2) is 16.8 Å². The highest BCUT2D eigenvalue weighted by Crippen LogP contribution is 2.25. The monoisotopic (exact) mass is 508 g/mol. The number of aromatic nitrogens is 3. The standard InChI is InChI=1S/C29H24N4O3S/c1-20(34)22-10-7-11-24(16-22)30-28(35)19-37-29-32-31-27(33(29)25-12-3-2-4-13-25)18-36-26-15-14-21-8-5-6-9-23(21)17-26/h2-17H,18-19H2,1H3,(H,30,35). The molecule has 0 aliphatic rings. The van der Waals surface area contributed by atoms with Gasteiger partial charge in [-0.25, -0.2) is 0 Å².